The number of amides is 1. The number of nitrogens with one attached hydrogen (secondary N) is 1. The average Bonchev–Trinajstić information content (AvgIpc) is 3.19. The van der Waals surface area contributed by atoms with Gasteiger partial charge in [0.25, 0.3) is 5.91 Å². The number of fused-ring (bicyclic) bond motifs is 1. The third-order valence-corrected chi connectivity index (χ3v) is 5.58. The molecule has 0 bridgehead atoms. The van der Waals surface area contributed by atoms with Crippen molar-refractivity contribution in [3.8, 4) is 17.2 Å². The van der Waals surface area contributed by atoms with Gasteiger partial charge in [0, 0.05) is 16.3 Å². The first-order valence-corrected chi connectivity index (χ1v) is 11.0. The molecule has 1 heterocycles. The Labute approximate surface area is 196 Å². The second-order valence-electron chi connectivity index (χ2n) is 7.80. The van der Waals surface area contributed by atoms with E-state index in [-0.39, 0.29) is 5.91 Å². The topological polar surface area (TPSA) is 64.4 Å². The number of carbonyl (C=O) groups is 1. The lowest BCUT2D eigenvalue weighted by Gasteiger charge is -2.15. The first kappa shape index (κ1) is 22.2. The highest BCUT2D eigenvalue weighted by Gasteiger charge is 2.17. The summed E-state index contributed by atoms with van der Waals surface area (Å²) in [5, 5.41) is 3.68. The maximum Gasteiger partial charge on any atom is 0.265 e. The molecule has 0 saturated carbocycles. The normalized spacial score (nSPS) is 12.2. The zero-order chi connectivity index (χ0) is 22.8. The minimum Gasteiger partial charge on any atom is -0.479 e. The molecule has 0 aliphatic heterocycles. The number of nitrogens with zero attached hydrogens (tertiary/aromatic N) is 1. The number of ether oxygens (including phenoxy) is 1. The number of benzene rings is 3. The molecule has 0 fully saturated rings. The number of carbonyl (C=O) groups excluding carboxylic acids is 1. The second-order valence-corrected chi connectivity index (χ2v) is 8.65. The lowest BCUT2D eigenvalue weighted by Crippen LogP contribution is -2.30. The number of oxazole rings is 1. The Morgan fingerprint density at radius 2 is 1.75 bits per heavy atom. The fraction of sp³-hybridized carbons (Fsp3) is 0.200. The third kappa shape index (κ3) is 4.90. The first-order chi connectivity index (χ1) is 15.3. The molecule has 4 rings (SSSR count). The van der Waals surface area contributed by atoms with Crippen LogP contribution in [-0.4, -0.2) is 17.0 Å². The molecule has 7 heteroatoms. The van der Waals surface area contributed by atoms with E-state index in [2.05, 4.69) is 36.3 Å². The quantitative estimate of drug-likeness (QED) is 0.321. The number of aromatic nitrogens is 1. The van der Waals surface area contributed by atoms with Gasteiger partial charge in [0.05, 0.1) is 5.02 Å². The molecule has 164 valence electrons. The van der Waals surface area contributed by atoms with E-state index in [1.165, 1.54) is 5.56 Å². The van der Waals surface area contributed by atoms with Crippen LogP contribution in [0.2, 0.25) is 10.0 Å². The monoisotopic (exact) mass is 468 g/mol. The summed E-state index contributed by atoms with van der Waals surface area (Å²) in [7, 11) is 0. The van der Waals surface area contributed by atoms with Crippen LogP contribution in [0.4, 0.5) is 5.69 Å². The number of hydrogen-bond acceptors (Lipinski definition) is 4. The minimum atomic E-state index is -0.767. The van der Waals surface area contributed by atoms with Gasteiger partial charge in [0.15, 0.2) is 11.7 Å². The SMILES string of the molecule is CC(Oc1ccc(Cl)cc1Cl)C(=O)Nc1ccc2oc(-c3ccc(C(C)C)cc3)nc2c1. The van der Waals surface area contributed by atoms with Crippen LogP contribution in [-0.2, 0) is 4.79 Å². The largest absolute Gasteiger partial charge is 0.479 e. The summed E-state index contributed by atoms with van der Waals surface area (Å²) in [6, 6.07) is 18.3. The summed E-state index contributed by atoms with van der Waals surface area (Å²) < 4.78 is 11.6. The van der Waals surface area contributed by atoms with Gasteiger partial charge in [-0.25, -0.2) is 4.98 Å². The van der Waals surface area contributed by atoms with Crippen molar-refractivity contribution in [1.29, 1.82) is 0 Å². The molecule has 0 spiro atoms. The maximum atomic E-state index is 12.6. The molecule has 4 aromatic rings. The molecule has 1 unspecified atom stereocenters. The molecule has 0 radical (unpaired) electrons. The van der Waals surface area contributed by atoms with E-state index >= 15 is 0 Å². The minimum absolute atomic E-state index is 0.316. The Hall–Kier alpha value is -3.02. The van der Waals surface area contributed by atoms with Gasteiger partial charge in [-0.15, -0.1) is 0 Å². The number of rotatable bonds is 6. The van der Waals surface area contributed by atoms with Crippen molar-refractivity contribution in [1.82, 2.24) is 4.98 Å². The molecule has 0 saturated heterocycles. The summed E-state index contributed by atoms with van der Waals surface area (Å²) in [6.07, 6.45) is -0.767. The van der Waals surface area contributed by atoms with E-state index in [9.17, 15) is 4.79 Å². The second kappa shape index (κ2) is 9.23. The molecule has 1 atom stereocenters. The van der Waals surface area contributed by atoms with E-state index < -0.39 is 6.10 Å². The lowest BCUT2D eigenvalue weighted by atomic mass is 10.0. The van der Waals surface area contributed by atoms with E-state index in [1.807, 2.05) is 12.1 Å². The molecule has 1 N–H and O–H groups in total. The van der Waals surface area contributed by atoms with Crippen LogP contribution >= 0.6 is 23.2 Å². The van der Waals surface area contributed by atoms with Crippen molar-refractivity contribution in [2.24, 2.45) is 0 Å². The van der Waals surface area contributed by atoms with Gasteiger partial charge in [-0.05, 0) is 66.9 Å². The van der Waals surface area contributed by atoms with Gasteiger partial charge in [0.2, 0.25) is 5.89 Å². The van der Waals surface area contributed by atoms with E-state index in [4.69, 9.17) is 32.4 Å². The highest BCUT2D eigenvalue weighted by molar-refractivity contribution is 6.35. The van der Waals surface area contributed by atoms with Gasteiger partial charge in [-0.1, -0.05) is 49.2 Å². The van der Waals surface area contributed by atoms with Crippen LogP contribution in [0.15, 0.2) is 65.1 Å². The van der Waals surface area contributed by atoms with Crippen molar-refractivity contribution < 1.29 is 13.9 Å². The Balaban J connectivity index is 1.48. The third-order valence-electron chi connectivity index (χ3n) is 5.05. The fourth-order valence-corrected chi connectivity index (χ4v) is 3.65. The zero-order valence-electron chi connectivity index (χ0n) is 17.9. The smallest absolute Gasteiger partial charge is 0.265 e. The molecule has 5 nitrogen and oxygen atoms in total. The summed E-state index contributed by atoms with van der Waals surface area (Å²) in [4.78, 5) is 17.2. The van der Waals surface area contributed by atoms with Gasteiger partial charge in [-0.2, -0.15) is 0 Å². The van der Waals surface area contributed by atoms with E-state index in [0.717, 1.165) is 5.56 Å². The molecule has 0 aliphatic rings. The number of hydrogen-bond donors (Lipinski definition) is 1. The average molecular weight is 469 g/mol. The molecule has 1 amide bonds. The highest BCUT2D eigenvalue weighted by Crippen LogP contribution is 2.29. The summed E-state index contributed by atoms with van der Waals surface area (Å²) in [6.45, 7) is 5.95. The molecule has 3 aromatic carbocycles. The highest BCUT2D eigenvalue weighted by atomic mass is 35.5. The summed E-state index contributed by atoms with van der Waals surface area (Å²) >= 11 is 12.0. The Bertz CT molecular complexity index is 1270. The predicted molar refractivity (Wildman–Crippen MR) is 129 cm³/mol. The Kier molecular flexibility index (Phi) is 6.40. The predicted octanol–water partition coefficient (Wildman–Crippen LogP) is 7.33. The Morgan fingerprint density at radius 1 is 1.00 bits per heavy atom. The van der Waals surface area contributed by atoms with Crippen molar-refractivity contribution in [2.45, 2.75) is 32.8 Å². The molecular weight excluding hydrogens is 447 g/mol. The van der Waals surface area contributed by atoms with E-state index in [1.54, 1.807) is 43.3 Å². The first-order valence-electron chi connectivity index (χ1n) is 10.2. The van der Waals surface area contributed by atoms with Gasteiger partial charge in [-0.3, -0.25) is 4.79 Å². The molecule has 0 aliphatic carbocycles. The summed E-state index contributed by atoms with van der Waals surface area (Å²) in [5.74, 6) is 1.07. The van der Waals surface area contributed by atoms with Crippen molar-refractivity contribution in [3.63, 3.8) is 0 Å². The van der Waals surface area contributed by atoms with Crippen molar-refractivity contribution in [3.05, 3.63) is 76.3 Å². The van der Waals surface area contributed by atoms with Crippen LogP contribution in [0.5, 0.6) is 5.75 Å². The molecular formula is C25H22Cl2N2O3. The standard InChI is InChI=1S/C25H22Cl2N2O3/c1-14(2)16-4-6-17(7-5-16)25-29-21-13-19(9-11-23(21)32-25)28-24(30)15(3)31-22-10-8-18(26)12-20(22)27/h4-15H,1-3H3,(H,28,30). The maximum absolute atomic E-state index is 12.6. The van der Waals surface area contributed by atoms with E-state index in [0.29, 0.717) is 44.4 Å². The summed E-state index contributed by atoms with van der Waals surface area (Å²) in [5.41, 5.74) is 4.04. The van der Waals surface area contributed by atoms with Crippen molar-refractivity contribution in [2.75, 3.05) is 5.32 Å². The number of anilines is 1. The van der Waals surface area contributed by atoms with Crippen LogP contribution in [0, 0.1) is 0 Å². The molecule has 32 heavy (non-hydrogen) atoms. The van der Waals surface area contributed by atoms with Crippen LogP contribution in [0.1, 0.15) is 32.3 Å². The fourth-order valence-electron chi connectivity index (χ4n) is 3.20. The lowest BCUT2D eigenvalue weighted by molar-refractivity contribution is -0.122. The van der Waals surface area contributed by atoms with Gasteiger partial charge in [0.1, 0.15) is 11.3 Å². The van der Waals surface area contributed by atoms with Gasteiger partial charge < -0.3 is 14.5 Å². The van der Waals surface area contributed by atoms with Crippen LogP contribution < -0.4 is 10.1 Å². The zero-order valence-corrected chi connectivity index (χ0v) is 19.4. The van der Waals surface area contributed by atoms with Crippen LogP contribution in [0.3, 0.4) is 0 Å². The van der Waals surface area contributed by atoms with Gasteiger partial charge >= 0.3 is 0 Å². The Morgan fingerprint density at radius 3 is 2.44 bits per heavy atom. The van der Waals surface area contributed by atoms with Crippen LogP contribution in [0.25, 0.3) is 22.6 Å². The molecule has 1 aromatic heterocycles. The van der Waals surface area contributed by atoms with Crippen molar-refractivity contribution >= 4 is 45.9 Å². The number of halogens is 2.